The number of carbonyl (C=O) groups excluding carboxylic acids is 1. The van der Waals surface area contributed by atoms with Gasteiger partial charge in [0.1, 0.15) is 5.75 Å². The number of nitrogens with zero attached hydrogens (tertiary/aromatic N) is 1. The SMILES string of the molecule is COC(=O)C1CCN(Cc2ccc(OC)c(Br)c2)CC1. The standard InChI is InChI=1S/C15H20BrNO3/c1-19-14-4-3-11(9-13(14)16)10-17-7-5-12(6-8-17)15(18)20-2/h3-4,9,12H,5-8,10H2,1-2H3. The molecule has 0 aromatic heterocycles. The smallest absolute Gasteiger partial charge is 0.308 e. The summed E-state index contributed by atoms with van der Waals surface area (Å²) in [6, 6.07) is 6.14. The van der Waals surface area contributed by atoms with Crippen LogP contribution in [-0.4, -0.2) is 38.2 Å². The maximum Gasteiger partial charge on any atom is 0.308 e. The van der Waals surface area contributed by atoms with Crippen molar-refractivity contribution < 1.29 is 14.3 Å². The predicted octanol–water partition coefficient (Wildman–Crippen LogP) is 2.84. The van der Waals surface area contributed by atoms with Crippen molar-refractivity contribution in [3.63, 3.8) is 0 Å². The van der Waals surface area contributed by atoms with Gasteiger partial charge in [-0.05, 0) is 59.6 Å². The largest absolute Gasteiger partial charge is 0.496 e. The second-order valence-corrected chi connectivity index (χ2v) is 5.90. The Morgan fingerprint density at radius 2 is 2.05 bits per heavy atom. The molecule has 0 N–H and O–H groups in total. The Labute approximate surface area is 128 Å². The molecule has 2 rings (SSSR count). The molecule has 0 bridgehead atoms. The highest BCUT2D eigenvalue weighted by molar-refractivity contribution is 9.10. The van der Waals surface area contributed by atoms with Gasteiger partial charge in [-0.25, -0.2) is 0 Å². The van der Waals surface area contributed by atoms with Gasteiger partial charge in [0, 0.05) is 6.54 Å². The van der Waals surface area contributed by atoms with Crippen LogP contribution in [0, 0.1) is 5.92 Å². The number of hydrogen-bond donors (Lipinski definition) is 0. The van der Waals surface area contributed by atoms with E-state index in [1.807, 2.05) is 6.07 Å². The lowest BCUT2D eigenvalue weighted by Gasteiger charge is -2.30. The van der Waals surface area contributed by atoms with Crippen molar-refractivity contribution in [2.75, 3.05) is 27.3 Å². The summed E-state index contributed by atoms with van der Waals surface area (Å²) in [4.78, 5) is 13.9. The molecule has 1 heterocycles. The van der Waals surface area contributed by atoms with E-state index in [4.69, 9.17) is 9.47 Å². The summed E-state index contributed by atoms with van der Waals surface area (Å²) in [7, 11) is 3.13. The summed E-state index contributed by atoms with van der Waals surface area (Å²) in [5.41, 5.74) is 1.24. The van der Waals surface area contributed by atoms with Crippen LogP contribution in [-0.2, 0) is 16.1 Å². The molecule has 0 unspecified atom stereocenters. The number of hydrogen-bond acceptors (Lipinski definition) is 4. The van der Waals surface area contributed by atoms with E-state index in [2.05, 4.69) is 33.0 Å². The summed E-state index contributed by atoms with van der Waals surface area (Å²) in [5.74, 6) is 0.842. The first-order valence-corrected chi connectivity index (χ1v) is 7.56. The molecular formula is C15H20BrNO3. The molecule has 0 spiro atoms. The maximum absolute atomic E-state index is 11.5. The minimum absolute atomic E-state index is 0.0684. The van der Waals surface area contributed by atoms with Crippen LogP contribution in [0.15, 0.2) is 22.7 Å². The molecule has 1 saturated heterocycles. The molecule has 5 heteroatoms. The zero-order valence-corrected chi connectivity index (χ0v) is 13.5. The number of methoxy groups -OCH3 is 2. The van der Waals surface area contributed by atoms with Crippen LogP contribution >= 0.6 is 15.9 Å². The monoisotopic (exact) mass is 341 g/mol. The van der Waals surface area contributed by atoms with E-state index in [-0.39, 0.29) is 11.9 Å². The molecule has 110 valence electrons. The van der Waals surface area contributed by atoms with Gasteiger partial charge in [0.25, 0.3) is 0 Å². The lowest BCUT2D eigenvalue weighted by molar-refractivity contribution is -0.147. The highest BCUT2D eigenvalue weighted by Gasteiger charge is 2.25. The van der Waals surface area contributed by atoms with Gasteiger partial charge in [-0.15, -0.1) is 0 Å². The van der Waals surface area contributed by atoms with Gasteiger partial charge >= 0.3 is 5.97 Å². The van der Waals surface area contributed by atoms with Crippen LogP contribution in [0.1, 0.15) is 18.4 Å². The van der Waals surface area contributed by atoms with Crippen LogP contribution in [0.3, 0.4) is 0 Å². The predicted molar refractivity (Wildman–Crippen MR) is 80.7 cm³/mol. The summed E-state index contributed by atoms with van der Waals surface area (Å²) >= 11 is 3.51. The Balaban J connectivity index is 1.89. The van der Waals surface area contributed by atoms with Crippen molar-refractivity contribution in [2.24, 2.45) is 5.92 Å². The maximum atomic E-state index is 11.5. The Hall–Kier alpha value is -1.07. The first-order chi connectivity index (χ1) is 9.63. The average Bonchev–Trinajstić information content (AvgIpc) is 2.47. The molecule has 4 nitrogen and oxygen atoms in total. The Kier molecular flexibility index (Phi) is 5.43. The van der Waals surface area contributed by atoms with Gasteiger partial charge in [-0.2, -0.15) is 0 Å². The number of likely N-dealkylation sites (tertiary alicyclic amines) is 1. The minimum atomic E-state index is -0.0724. The lowest BCUT2D eigenvalue weighted by Crippen LogP contribution is -2.36. The minimum Gasteiger partial charge on any atom is -0.496 e. The fourth-order valence-electron chi connectivity index (χ4n) is 2.56. The highest BCUT2D eigenvalue weighted by atomic mass is 79.9. The molecule has 1 fully saturated rings. The number of rotatable bonds is 4. The third-order valence-corrected chi connectivity index (χ3v) is 4.36. The number of piperidine rings is 1. The van der Waals surface area contributed by atoms with Crippen LogP contribution in [0.4, 0.5) is 0 Å². The quantitative estimate of drug-likeness (QED) is 0.789. The van der Waals surface area contributed by atoms with Gasteiger partial charge in [-0.3, -0.25) is 9.69 Å². The van der Waals surface area contributed by atoms with Gasteiger partial charge in [0.05, 0.1) is 24.6 Å². The van der Waals surface area contributed by atoms with Crippen molar-refractivity contribution in [1.29, 1.82) is 0 Å². The molecular weight excluding hydrogens is 322 g/mol. The number of halogens is 1. The van der Waals surface area contributed by atoms with Gasteiger partial charge in [0.15, 0.2) is 0 Å². The molecule has 0 aliphatic carbocycles. The van der Waals surface area contributed by atoms with Crippen molar-refractivity contribution in [3.8, 4) is 5.75 Å². The van der Waals surface area contributed by atoms with Gasteiger partial charge in [0.2, 0.25) is 0 Å². The first kappa shape index (κ1) is 15.3. The van der Waals surface area contributed by atoms with E-state index in [1.165, 1.54) is 12.7 Å². The van der Waals surface area contributed by atoms with E-state index in [0.29, 0.717) is 0 Å². The molecule has 0 amide bonds. The van der Waals surface area contributed by atoms with E-state index in [9.17, 15) is 4.79 Å². The van der Waals surface area contributed by atoms with Gasteiger partial charge < -0.3 is 9.47 Å². The third-order valence-electron chi connectivity index (χ3n) is 3.74. The van der Waals surface area contributed by atoms with E-state index >= 15 is 0 Å². The van der Waals surface area contributed by atoms with Crippen molar-refractivity contribution >= 4 is 21.9 Å². The number of benzene rings is 1. The van der Waals surface area contributed by atoms with Crippen LogP contribution in [0.2, 0.25) is 0 Å². The van der Waals surface area contributed by atoms with Crippen molar-refractivity contribution in [1.82, 2.24) is 4.90 Å². The molecule has 20 heavy (non-hydrogen) atoms. The fourth-order valence-corrected chi connectivity index (χ4v) is 3.15. The molecule has 0 radical (unpaired) electrons. The second-order valence-electron chi connectivity index (χ2n) is 5.04. The lowest BCUT2D eigenvalue weighted by atomic mass is 9.96. The van der Waals surface area contributed by atoms with E-state index in [0.717, 1.165) is 42.7 Å². The second kappa shape index (κ2) is 7.09. The van der Waals surface area contributed by atoms with E-state index < -0.39 is 0 Å². The first-order valence-electron chi connectivity index (χ1n) is 6.76. The van der Waals surface area contributed by atoms with Crippen molar-refractivity contribution in [2.45, 2.75) is 19.4 Å². The molecule has 0 atom stereocenters. The molecule has 0 saturated carbocycles. The third kappa shape index (κ3) is 3.73. The normalized spacial score (nSPS) is 16.9. The molecule has 1 aliphatic rings. The summed E-state index contributed by atoms with van der Waals surface area (Å²) in [6.07, 6.45) is 1.76. The van der Waals surface area contributed by atoms with Crippen LogP contribution in [0.5, 0.6) is 5.75 Å². The summed E-state index contributed by atoms with van der Waals surface area (Å²) < 4.78 is 11.0. The summed E-state index contributed by atoms with van der Waals surface area (Å²) in [5, 5.41) is 0. The van der Waals surface area contributed by atoms with Crippen LogP contribution in [0.25, 0.3) is 0 Å². The fraction of sp³-hybridized carbons (Fsp3) is 0.533. The summed E-state index contributed by atoms with van der Waals surface area (Å²) in [6.45, 7) is 2.77. The number of carbonyl (C=O) groups is 1. The zero-order valence-electron chi connectivity index (χ0n) is 11.9. The average molecular weight is 342 g/mol. The zero-order chi connectivity index (χ0) is 14.5. The van der Waals surface area contributed by atoms with E-state index in [1.54, 1.807) is 7.11 Å². The number of esters is 1. The van der Waals surface area contributed by atoms with Crippen molar-refractivity contribution in [3.05, 3.63) is 28.2 Å². The van der Waals surface area contributed by atoms with Crippen LogP contribution < -0.4 is 4.74 Å². The Morgan fingerprint density at radius 3 is 2.60 bits per heavy atom. The molecule has 1 aromatic carbocycles. The number of ether oxygens (including phenoxy) is 2. The topological polar surface area (TPSA) is 38.8 Å². The Morgan fingerprint density at radius 1 is 1.35 bits per heavy atom. The van der Waals surface area contributed by atoms with Gasteiger partial charge in [-0.1, -0.05) is 6.07 Å². The molecule has 1 aromatic rings. The Bertz CT molecular complexity index is 470. The highest BCUT2D eigenvalue weighted by Crippen LogP contribution is 2.27. The molecule has 1 aliphatic heterocycles.